The average molecular weight is 365 g/mol. The van der Waals surface area contributed by atoms with E-state index in [2.05, 4.69) is 46.4 Å². The summed E-state index contributed by atoms with van der Waals surface area (Å²) in [4.78, 5) is 15.3. The number of ether oxygens (including phenoxy) is 1. The molecule has 1 saturated heterocycles. The molecule has 0 spiro atoms. The van der Waals surface area contributed by atoms with Gasteiger partial charge >= 0.3 is 0 Å². The zero-order valence-corrected chi connectivity index (χ0v) is 15.9. The van der Waals surface area contributed by atoms with Crippen molar-refractivity contribution in [3.8, 4) is 11.4 Å². The Morgan fingerprint density at radius 1 is 1.15 bits per heavy atom. The Kier molecular flexibility index (Phi) is 5.53. The Hall–Kier alpha value is -2.60. The lowest BCUT2D eigenvalue weighted by molar-refractivity contribution is 0.122. The number of aromatic amines is 1. The van der Waals surface area contributed by atoms with E-state index in [1.807, 2.05) is 12.3 Å². The summed E-state index contributed by atoms with van der Waals surface area (Å²) in [7, 11) is 0. The maximum atomic E-state index is 5.50. The van der Waals surface area contributed by atoms with Crippen molar-refractivity contribution in [1.29, 1.82) is 0 Å². The second kappa shape index (κ2) is 8.39. The molecule has 2 aromatic heterocycles. The summed E-state index contributed by atoms with van der Waals surface area (Å²) in [5.74, 6) is 2.63. The molecule has 3 aromatic rings. The molecule has 0 radical (unpaired) electrons. The van der Waals surface area contributed by atoms with Gasteiger partial charge in [-0.15, -0.1) is 0 Å². The minimum Gasteiger partial charge on any atom is -0.378 e. The highest BCUT2D eigenvalue weighted by atomic mass is 16.5. The highest BCUT2D eigenvalue weighted by Gasteiger charge is 2.16. The smallest absolute Gasteiger partial charge is 0.164 e. The quantitative estimate of drug-likeness (QED) is 0.618. The predicted octanol–water partition coefficient (Wildman–Crippen LogP) is 4.06. The maximum Gasteiger partial charge on any atom is 0.164 e. The molecule has 142 valence electrons. The van der Waals surface area contributed by atoms with Crippen molar-refractivity contribution in [3.05, 3.63) is 36.5 Å². The van der Waals surface area contributed by atoms with Crippen LogP contribution in [0.4, 0.5) is 11.6 Å². The van der Waals surface area contributed by atoms with E-state index in [-0.39, 0.29) is 0 Å². The highest BCUT2D eigenvalue weighted by molar-refractivity contribution is 5.93. The first-order chi connectivity index (χ1) is 13.3. The van der Waals surface area contributed by atoms with Crippen molar-refractivity contribution in [2.45, 2.75) is 26.2 Å². The second-order valence-corrected chi connectivity index (χ2v) is 6.91. The number of nitrogens with one attached hydrogen (secondary N) is 2. The number of unbranched alkanes of at least 4 members (excludes halogenated alkanes) is 2. The molecule has 6 heteroatoms. The van der Waals surface area contributed by atoms with Crippen LogP contribution in [-0.2, 0) is 4.74 Å². The van der Waals surface area contributed by atoms with Crippen molar-refractivity contribution in [1.82, 2.24) is 15.0 Å². The molecule has 1 aliphatic rings. The Morgan fingerprint density at radius 2 is 2.04 bits per heavy atom. The van der Waals surface area contributed by atoms with E-state index in [4.69, 9.17) is 14.7 Å². The number of rotatable bonds is 7. The third-order valence-corrected chi connectivity index (χ3v) is 4.97. The number of morpholine rings is 1. The maximum absolute atomic E-state index is 5.50. The molecule has 1 aromatic carbocycles. The molecule has 27 heavy (non-hydrogen) atoms. The molecule has 2 N–H and O–H groups in total. The van der Waals surface area contributed by atoms with E-state index in [0.29, 0.717) is 0 Å². The van der Waals surface area contributed by atoms with Crippen LogP contribution in [0.5, 0.6) is 0 Å². The number of hydrogen-bond acceptors (Lipinski definition) is 5. The lowest BCUT2D eigenvalue weighted by Gasteiger charge is -2.28. The molecule has 0 unspecified atom stereocenters. The molecule has 4 rings (SSSR count). The number of aromatic nitrogens is 3. The van der Waals surface area contributed by atoms with Crippen LogP contribution in [0.2, 0.25) is 0 Å². The van der Waals surface area contributed by atoms with Gasteiger partial charge in [-0.05, 0) is 18.6 Å². The summed E-state index contributed by atoms with van der Waals surface area (Å²) in [6.07, 6.45) is 5.55. The van der Waals surface area contributed by atoms with Crippen LogP contribution >= 0.6 is 0 Å². The van der Waals surface area contributed by atoms with Crippen LogP contribution < -0.4 is 10.2 Å². The lowest BCUT2D eigenvalue weighted by atomic mass is 10.1. The van der Waals surface area contributed by atoms with Crippen molar-refractivity contribution in [2.24, 2.45) is 0 Å². The molecular weight excluding hydrogens is 338 g/mol. The standard InChI is InChI=1S/C21H27N5O/c1-2-3-4-9-23-19-15-20(26-11-13-27-14-12-26)25-21(24-19)17-6-5-7-18-16(17)8-10-22-18/h5-8,10,15,22H,2-4,9,11-14H2,1H3,(H,23,24,25). The van der Waals surface area contributed by atoms with Crippen LogP contribution in [0.1, 0.15) is 26.2 Å². The number of H-pyrrole nitrogens is 1. The van der Waals surface area contributed by atoms with Crippen LogP contribution in [0.25, 0.3) is 22.3 Å². The van der Waals surface area contributed by atoms with Crippen molar-refractivity contribution in [3.63, 3.8) is 0 Å². The van der Waals surface area contributed by atoms with Crippen LogP contribution in [0.3, 0.4) is 0 Å². The van der Waals surface area contributed by atoms with Gasteiger partial charge in [0.15, 0.2) is 5.82 Å². The zero-order valence-electron chi connectivity index (χ0n) is 15.9. The zero-order chi connectivity index (χ0) is 18.5. The minimum atomic E-state index is 0.742. The fourth-order valence-electron chi connectivity index (χ4n) is 3.47. The van der Waals surface area contributed by atoms with Crippen molar-refractivity contribution >= 4 is 22.5 Å². The van der Waals surface area contributed by atoms with E-state index >= 15 is 0 Å². The van der Waals surface area contributed by atoms with Gasteiger partial charge in [0.1, 0.15) is 11.6 Å². The average Bonchev–Trinajstić information content (AvgIpc) is 3.21. The molecule has 0 saturated carbocycles. The van der Waals surface area contributed by atoms with E-state index in [1.165, 1.54) is 12.8 Å². The Morgan fingerprint density at radius 3 is 2.89 bits per heavy atom. The van der Waals surface area contributed by atoms with Gasteiger partial charge < -0.3 is 19.9 Å². The normalized spacial score (nSPS) is 14.6. The van der Waals surface area contributed by atoms with Crippen LogP contribution in [-0.4, -0.2) is 47.8 Å². The molecule has 0 bridgehead atoms. The number of nitrogens with zero attached hydrogens (tertiary/aromatic N) is 3. The van der Waals surface area contributed by atoms with E-state index in [0.717, 1.165) is 73.2 Å². The van der Waals surface area contributed by atoms with Gasteiger partial charge in [-0.25, -0.2) is 9.97 Å². The van der Waals surface area contributed by atoms with Gasteiger partial charge in [0.25, 0.3) is 0 Å². The van der Waals surface area contributed by atoms with E-state index in [9.17, 15) is 0 Å². The third-order valence-electron chi connectivity index (χ3n) is 4.97. The van der Waals surface area contributed by atoms with Crippen LogP contribution in [0.15, 0.2) is 36.5 Å². The van der Waals surface area contributed by atoms with Gasteiger partial charge in [0.05, 0.1) is 13.2 Å². The van der Waals surface area contributed by atoms with Gasteiger partial charge in [-0.2, -0.15) is 0 Å². The topological polar surface area (TPSA) is 66.1 Å². The molecule has 0 atom stereocenters. The first kappa shape index (κ1) is 17.8. The molecule has 6 nitrogen and oxygen atoms in total. The fraction of sp³-hybridized carbons (Fsp3) is 0.429. The molecule has 0 aliphatic carbocycles. The molecule has 1 fully saturated rings. The summed E-state index contributed by atoms with van der Waals surface area (Å²) in [5.41, 5.74) is 2.16. The van der Waals surface area contributed by atoms with Crippen molar-refractivity contribution in [2.75, 3.05) is 43.1 Å². The second-order valence-electron chi connectivity index (χ2n) is 6.91. The van der Waals surface area contributed by atoms with Gasteiger partial charge in [-0.1, -0.05) is 31.9 Å². The largest absolute Gasteiger partial charge is 0.378 e. The molecule has 1 aliphatic heterocycles. The number of anilines is 2. The SMILES string of the molecule is CCCCCNc1cc(N2CCOCC2)nc(-c2cccc3[nH]ccc23)n1. The van der Waals surface area contributed by atoms with Gasteiger partial charge in [0, 0.05) is 48.4 Å². The minimum absolute atomic E-state index is 0.742. The van der Waals surface area contributed by atoms with Gasteiger partial charge in [0.2, 0.25) is 0 Å². The first-order valence-electron chi connectivity index (χ1n) is 9.87. The molecule has 0 amide bonds. The number of benzene rings is 1. The summed E-state index contributed by atoms with van der Waals surface area (Å²) in [6.45, 7) is 6.36. The molecular formula is C21H27N5O. The van der Waals surface area contributed by atoms with Gasteiger partial charge in [-0.3, -0.25) is 0 Å². The predicted molar refractivity (Wildman–Crippen MR) is 110 cm³/mol. The third kappa shape index (κ3) is 4.06. The van der Waals surface area contributed by atoms with E-state index in [1.54, 1.807) is 0 Å². The summed E-state index contributed by atoms with van der Waals surface area (Å²) < 4.78 is 5.50. The van der Waals surface area contributed by atoms with Crippen molar-refractivity contribution < 1.29 is 4.74 Å². The Balaban J connectivity index is 1.69. The highest BCUT2D eigenvalue weighted by Crippen LogP contribution is 2.28. The lowest BCUT2D eigenvalue weighted by Crippen LogP contribution is -2.36. The Bertz CT molecular complexity index is 885. The monoisotopic (exact) mass is 365 g/mol. The number of hydrogen-bond donors (Lipinski definition) is 2. The number of fused-ring (bicyclic) bond motifs is 1. The Labute approximate surface area is 160 Å². The van der Waals surface area contributed by atoms with E-state index < -0.39 is 0 Å². The fourth-order valence-corrected chi connectivity index (χ4v) is 3.47. The van der Waals surface area contributed by atoms with Crippen LogP contribution in [0, 0.1) is 0 Å². The molecule has 3 heterocycles. The summed E-state index contributed by atoms with van der Waals surface area (Å²) in [5, 5.41) is 4.64. The summed E-state index contributed by atoms with van der Waals surface area (Å²) >= 11 is 0. The summed E-state index contributed by atoms with van der Waals surface area (Å²) in [6, 6.07) is 10.4. The first-order valence-corrected chi connectivity index (χ1v) is 9.87.